The Bertz CT molecular complexity index is 459. The standard InChI is InChI=1S/C15H22BrN3O/c1-15(2,3)11-6-4-10(5-7-11)14(20)19-13-9-17-12(16)8-18-13/h8-11H,4-7H2,1-3H3,(H,18,19,20). The number of halogens is 1. The fraction of sp³-hybridized carbons (Fsp3) is 0.667. The molecule has 0 aromatic carbocycles. The molecular weight excluding hydrogens is 318 g/mol. The molecule has 1 aliphatic rings. The summed E-state index contributed by atoms with van der Waals surface area (Å²) in [6.07, 6.45) is 7.37. The summed E-state index contributed by atoms with van der Waals surface area (Å²) >= 11 is 3.23. The molecule has 4 nitrogen and oxygen atoms in total. The average Bonchev–Trinajstić information content (AvgIpc) is 2.40. The first kappa shape index (κ1) is 15.4. The molecule has 1 N–H and O–H groups in total. The molecule has 1 amide bonds. The number of rotatable bonds is 2. The molecule has 0 saturated heterocycles. The number of hydrogen-bond donors (Lipinski definition) is 1. The number of amides is 1. The molecule has 0 aliphatic heterocycles. The number of aromatic nitrogens is 2. The molecule has 110 valence electrons. The topological polar surface area (TPSA) is 54.9 Å². The lowest BCUT2D eigenvalue weighted by molar-refractivity contribution is -0.121. The van der Waals surface area contributed by atoms with Gasteiger partial charge in [-0.1, -0.05) is 20.8 Å². The van der Waals surface area contributed by atoms with E-state index in [1.54, 1.807) is 12.4 Å². The fourth-order valence-corrected chi connectivity index (χ4v) is 3.03. The third kappa shape index (κ3) is 4.01. The van der Waals surface area contributed by atoms with Crippen LogP contribution in [0.15, 0.2) is 17.0 Å². The lowest BCUT2D eigenvalue weighted by atomic mass is 9.70. The van der Waals surface area contributed by atoms with Crippen LogP contribution in [0.1, 0.15) is 46.5 Å². The summed E-state index contributed by atoms with van der Waals surface area (Å²) in [5.74, 6) is 1.43. The van der Waals surface area contributed by atoms with E-state index in [4.69, 9.17) is 0 Å². The predicted molar refractivity (Wildman–Crippen MR) is 83.3 cm³/mol. The zero-order chi connectivity index (χ0) is 14.8. The number of carbonyl (C=O) groups is 1. The molecule has 0 unspecified atom stereocenters. The van der Waals surface area contributed by atoms with Crippen molar-refractivity contribution in [1.29, 1.82) is 0 Å². The number of anilines is 1. The smallest absolute Gasteiger partial charge is 0.228 e. The highest BCUT2D eigenvalue weighted by Crippen LogP contribution is 2.39. The summed E-state index contributed by atoms with van der Waals surface area (Å²) < 4.78 is 0.668. The second kappa shape index (κ2) is 6.20. The Labute approximate surface area is 128 Å². The Morgan fingerprint density at radius 2 is 1.85 bits per heavy atom. The average molecular weight is 340 g/mol. The molecule has 1 aliphatic carbocycles. The van der Waals surface area contributed by atoms with Crippen molar-refractivity contribution in [1.82, 2.24) is 9.97 Å². The minimum absolute atomic E-state index is 0.0778. The zero-order valence-corrected chi connectivity index (χ0v) is 13.9. The molecule has 0 bridgehead atoms. The van der Waals surface area contributed by atoms with Gasteiger partial charge in [-0.15, -0.1) is 0 Å². The summed E-state index contributed by atoms with van der Waals surface area (Å²) in [4.78, 5) is 20.4. The van der Waals surface area contributed by atoms with E-state index in [0.717, 1.165) is 31.6 Å². The van der Waals surface area contributed by atoms with E-state index < -0.39 is 0 Å². The number of carbonyl (C=O) groups excluding carboxylic acids is 1. The van der Waals surface area contributed by atoms with Gasteiger partial charge in [0.25, 0.3) is 0 Å². The van der Waals surface area contributed by atoms with E-state index in [1.165, 1.54) is 0 Å². The van der Waals surface area contributed by atoms with E-state index in [-0.39, 0.29) is 11.8 Å². The van der Waals surface area contributed by atoms with Crippen LogP contribution in [-0.2, 0) is 4.79 Å². The number of nitrogens with zero attached hydrogens (tertiary/aromatic N) is 2. The lowest BCUT2D eigenvalue weighted by Gasteiger charge is -2.36. The van der Waals surface area contributed by atoms with E-state index in [9.17, 15) is 4.79 Å². The van der Waals surface area contributed by atoms with Crippen LogP contribution in [0.4, 0.5) is 5.82 Å². The Kier molecular flexibility index (Phi) is 4.78. The normalized spacial score (nSPS) is 23.4. The molecule has 1 saturated carbocycles. The van der Waals surface area contributed by atoms with Crippen LogP contribution < -0.4 is 5.32 Å². The molecular formula is C15H22BrN3O. The highest BCUT2D eigenvalue weighted by Gasteiger charge is 2.32. The van der Waals surface area contributed by atoms with E-state index in [2.05, 4.69) is 52.0 Å². The highest BCUT2D eigenvalue weighted by atomic mass is 79.9. The van der Waals surface area contributed by atoms with E-state index in [1.807, 2.05) is 0 Å². The quantitative estimate of drug-likeness (QED) is 0.884. The van der Waals surface area contributed by atoms with Crippen LogP contribution in [0.25, 0.3) is 0 Å². The van der Waals surface area contributed by atoms with Gasteiger partial charge in [0.05, 0.1) is 12.4 Å². The molecule has 1 heterocycles. The molecule has 1 aromatic rings. The van der Waals surface area contributed by atoms with Crippen molar-refractivity contribution in [3.8, 4) is 0 Å². The maximum absolute atomic E-state index is 12.2. The maximum Gasteiger partial charge on any atom is 0.228 e. The fourth-order valence-electron chi connectivity index (χ4n) is 2.83. The van der Waals surface area contributed by atoms with Gasteiger partial charge >= 0.3 is 0 Å². The lowest BCUT2D eigenvalue weighted by Crippen LogP contribution is -2.31. The van der Waals surface area contributed by atoms with Gasteiger partial charge in [0.1, 0.15) is 4.60 Å². The molecule has 0 radical (unpaired) electrons. The van der Waals surface area contributed by atoms with Crippen molar-refractivity contribution in [2.45, 2.75) is 46.5 Å². The van der Waals surface area contributed by atoms with Gasteiger partial charge < -0.3 is 5.32 Å². The van der Waals surface area contributed by atoms with E-state index >= 15 is 0 Å². The molecule has 20 heavy (non-hydrogen) atoms. The molecule has 1 aromatic heterocycles. The maximum atomic E-state index is 12.2. The Hall–Kier alpha value is -0.970. The van der Waals surface area contributed by atoms with Gasteiger partial charge in [0, 0.05) is 5.92 Å². The van der Waals surface area contributed by atoms with Crippen LogP contribution >= 0.6 is 15.9 Å². The third-order valence-electron chi connectivity index (χ3n) is 4.19. The van der Waals surface area contributed by atoms with Crippen LogP contribution in [0.2, 0.25) is 0 Å². The monoisotopic (exact) mass is 339 g/mol. The van der Waals surface area contributed by atoms with Crippen molar-refractivity contribution in [2.75, 3.05) is 5.32 Å². The predicted octanol–water partition coefficient (Wildman–Crippen LogP) is 4.03. The van der Waals surface area contributed by atoms with Gasteiger partial charge in [0.15, 0.2) is 5.82 Å². The van der Waals surface area contributed by atoms with Gasteiger partial charge in [0.2, 0.25) is 5.91 Å². The minimum Gasteiger partial charge on any atom is -0.309 e. The first-order chi connectivity index (χ1) is 9.36. The summed E-state index contributed by atoms with van der Waals surface area (Å²) in [7, 11) is 0. The third-order valence-corrected chi connectivity index (χ3v) is 4.60. The van der Waals surface area contributed by atoms with Crippen molar-refractivity contribution in [3.05, 3.63) is 17.0 Å². The Morgan fingerprint density at radius 3 is 2.35 bits per heavy atom. The van der Waals surface area contributed by atoms with Gasteiger partial charge in [-0.25, -0.2) is 9.97 Å². The molecule has 5 heteroatoms. The first-order valence-electron chi connectivity index (χ1n) is 7.14. The molecule has 0 atom stereocenters. The van der Waals surface area contributed by atoms with Crippen molar-refractivity contribution >= 4 is 27.7 Å². The second-order valence-corrected chi connectivity index (χ2v) is 7.44. The van der Waals surface area contributed by atoms with Crippen molar-refractivity contribution < 1.29 is 4.79 Å². The Morgan fingerprint density at radius 1 is 1.20 bits per heavy atom. The van der Waals surface area contributed by atoms with Gasteiger partial charge in [-0.3, -0.25) is 4.79 Å². The molecule has 0 spiro atoms. The summed E-state index contributed by atoms with van der Waals surface area (Å²) in [5, 5.41) is 2.86. The highest BCUT2D eigenvalue weighted by molar-refractivity contribution is 9.10. The summed E-state index contributed by atoms with van der Waals surface area (Å²) in [5.41, 5.74) is 0.346. The second-order valence-electron chi connectivity index (χ2n) is 6.63. The SMILES string of the molecule is CC(C)(C)C1CCC(C(=O)Nc2cnc(Br)cn2)CC1. The van der Waals surface area contributed by atoms with Crippen LogP contribution in [-0.4, -0.2) is 15.9 Å². The van der Waals surface area contributed by atoms with Crippen LogP contribution in [0, 0.1) is 17.3 Å². The van der Waals surface area contributed by atoms with Crippen LogP contribution in [0.5, 0.6) is 0 Å². The van der Waals surface area contributed by atoms with Crippen molar-refractivity contribution in [2.24, 2.45) is 17.3 Å². The zero-order valence-electron chi connectivity index (χ0n) is 12.3. The summed E-state index contributed by atoms with van der Waals surface area (Å²) in [6, 6.07) is 0. The largest absolute Gasteiger partial charge is 0.309 e. The Balaban J connectivity index is 1.87. The number of nitrogens with one attached hydrogen (secondary N) is 1. The molecule has 1 fully saturated rings. The van der Waals surface area contributed by atoms with Gasteiger partial charge in [-0.05, 0) is 52.9 Å². The van der Waals surface area contributed by atoms with Gasteiger partial charge in [-0.2, -0.15) is 0 Å². The molecule has 2 rings (SSSR count). The number of hydrogen-bond acceptors (Lipinski definition) is 3. The first-order valence-corrected chi connectivity index (χ1v) is 7.94. The van der Waals surface area contributed by atoms with Crippen molar-refractivity contribution in [3.63, 3.8) is 0 Å². The minimum atomic E-state index is 0.0778. The van der Waals surface area contributed by atoms with Crippen LogP contribution in [0.3, 0.4) is 0 Å². The summed E-state index contributed by atoms with van der Waals surface area (Å²) in [6.45, 7) is 6.86. The van der Waals surface area contributed by atoms with E-state index in [0.29, 0.717) is 15.8 Å².